The highest BCUT2D eigenvalue weighted by molar-refractivity contribution is 4.90. The van der Waals surface area contributed by atoms with Crippen LogP contribution in [0, 0.1) is 11.8 Å². The molecule has 1 saturated heterocycles. The lowest BCUT2D eigenvalue weighted by molar-refractivity contribution is -0.242. The third kappa shape index (κ3) is 1.40. The average Bonchev–Trinajstić information content (AvgIpc) is 2.60. The molecule has 0 N–H and O–H groups in total. The fraction of sp³-hybridized carbons (Fsp3) is 1.00. The molecule has 1 heterocycles. The average molecular weight is 184 g/mol. The summed E-state index contributed by atoms with van der Waals surface area (Å²) in [5, 5.41) is 0. The normalized spacial score (nSPS) is 38.3. The molecule has 2 aliphatic rings. The van der Waals surface area contributed by atoms with Gasteiger partial charge in [0.25, 0.3) is 0 Å². The molecule has 13 heavy (non-hydrogen) atoms. The Morgan fingerprint density at radius 1 is 1.23 bits per heavy atom. The maximum Gasteiger partial charge on any atom is 0.173 e. The lowest BCUT2D eigenvalue weighted by atomic mass is 9.75. The van der Waals surface area contributed by atoms with Crippen LogP contribution in [-0.4, -0.2) is 19.0 Å². The molecule has 0 aromatic rings. The molecule has 1 aliphatic heterocycles. The molecule has 76 valence electrons. The quantitative estimate of drug-likeness (QED) is 0.623. The van der Waals surface area contributed by atoms with Gasteiger partial charge < -0.3 is 9.47 Å². The molecular weight excluding hydrogens is 164 g/mol. The standard InChI is InChI=1S/C11H20O2/c1-3-10-6-4-5-9(2)11(10)12-7-8-13-11/h9-10H,3-8H2,1-2H3. The Hall–Kier alpha value is -0.0800. The van der Waals surface area contributed by atoms with Gasteiger partial charge in [-0.3, -0.25) is 0 Å². The number of ether oxygens (including phenoxy) is 2. The van der Waals surface area contributed by atoms with Gasteiger partial charge >= 0.3 is 0 Å². The first-order valence-electron chi connectivity index (χ1n) is 5.57. The van der Waals surface area contributed by atoms with Crippen molar-refractivity contribution in [1.29, 1.82) is 0 Å². The topological polar surface area (TPSA) is 18.5 Å². The minimum Gasteiger partial charge on any atom is -0.347 e. The molecule has 1 aliphatic carbocycles. The second-order valence-corrected chi connectivity index (χ2v) is 4.36. The second kappa shape index (κ2) is 3.58. The predicted molar refractivity (Wildman–Crippen MR) is 51.4 cm³/mol. The SMILES string of the molecule is CCC1CCCC(C)C12OCCO2. The van der Waals surface area contributed by atoms with E-state index >= 15 is 0 Å². The first-order chi connectivity index (χ1) is 6.29. The van der Waals surface area contributed by atoms with Gasteiger partial charge in [0.1, 0.15) is 0 Å². The van der Waals surface area contributed by atoms with E-state index in [1.807, 2.05) is 0 Å². The molecule has 0 aromatic carbocycles. The van der Waals surface area contributed by atoms with Gasteiger partial charge in [-0.25, -0.2) is 0 Å². The highest BCUT2D eigenvalue weighted by atomic mass is 16.7. The van der Waals surface area contributed by atoms with Crippen molar-refractivity contribution in [2.24, 2.45) is 11.8 Å². The van der Waals surface area contributed by atoms with Gasteiger partial charge in [0.05, 0.1) is 13.2 Å². The van der Waals surface area contributed by atoms with E-state index in [4.69, 9.17) is 9.47 Å². The van der Waals surface area contributed by atoms with Crippen molar-refractivity contribution in [3.63, 3.8) is 0 Å². The van der Waals surface area contributed by atoms with Crippen molar-refractivity contribution in [3.8, 4) is 0 Å². The molecule has 2 atom stereocenters. The Morgan fingerprint density at radius 2 is 1.92 bits per heavy atom. The highest BCUT2D eigenvalue weighted by Gasteiger charge is 2.49. The molecule has 2 rings (SSSR count). The minimum absolute atomic E-state index is 0.201. The summed E-state index contributed by atoms with van der Waals surface area (Å²) in [5.41, 5.74) is 0. The first kappa shape index (κ1) is 9.47. The summed E-state index contributed by atoms with van der Waals surface area (Å²) in [6, 6.07) is 0. The van der Waals surface area contributed by atoms with E-state index < -0.39 is 0 Å². The van der Waals surface area contributed by atoms with E-state index in [1.54, 1.807) is 0 Å². The van der Waals surface area contributed by atoms with Crippen LogP contribution >= 0.6 is 0 Å². The predicted octanol–water partition coefficient (Wildman–Crippen LogP) is 2.58. The number of rotatable bonds is 1. The third-order valence-electron chi connectivity index (χ3n) is 3.68. The van der Waals surface area contributed by atoms with Crippen LogP contribution in [0.25, 0.3) is 0 Å². The zero-order chi connectivity index (χ0) is 9.31. The van der Waals surface area contributed by atoms with Gasteiger partial charge in [0, 0.05) is 11.8 Å². The van der Waals surface area contributed by atoms with E-state index in [9.17, 15) is 0 Å². The monoisotopic (exact) mass is 184 g/mol. The molecule has 0 bridgehead atoms. The van der Waals surface area contributed by atoms with Crippen molar-refractivity contribution < 1.29 is 9.47 Å². The van der Waals surface area contributed by atoms with E-state index in [-0.39, 0.29) is 5.79 Å². The highest BCUT2D eigenvalue weighted by Crippen LogP contribution is 2.45. The van der Waals surface area contributed by atoms with Crippen LogP contribution in [0.1, 0.15) is 39.5 Å². The van der Waals surface area contributed by atoms with Gasteiger partial charge in [0.15, 0.2) is 5.79 Å². The first-order valence-corrected chi connectivity index (χ1v) is 5.57. The van der Waals surface area contributed by atoms with Crippen molar-refractivity contribution in [3.05, 3.63) is 0 Å². The summed E-state index contributed by atoms with van der Waals surface area (Å²) in [5.74, 6) is 1.000. The number of hydrogen-bond donors (Lipinski definition) is 0. The van der Waals surface area contributed by atoms with Gasteiger partial charge in [-0.15, -0.1) is 0 Å². The van der Waals surface area contributed by atoms with E-state index in [0.717, 1.165) is 13.2 Å². The zero-order valence-corrected chi connectivity index (χ0v) is 8.71. The number of hydrogen-bond acceptors (Lipinski definition) is 2. The zero-order valence-electron chi connectivity index (χ0n) is 8.71. The lowest BCUT2D eigenvalue weighted by Crippen LogP contribution is -2.47. The summed E-state index contributed by atoms with van der Waals surface area (Å²) < 4.78 is 11.7. The second-order valence-electron chi connectivity index (χ2n) is 4.36. The van der Waals surface area contributed by atoms with Crippen molar-refractivity contribution in [2.45, 2.75) is 45.3 Å². The largest absolute Gasteiger partial charge is 0.347 e. The summed E-state index contributed by atoms with van der Waals surface area (Å²) in [6.07, 6.45) is 5.07. The summed E-state index contributed by atoms with van der Waals surface area (Å²) in [4.78, 5) is 0. The fourth-order valence-electron chi connectivity index (χ4n) is 2.93. The van der Waals surface area contributed by atoms with Crippen LogP contribution in [0.2, 0.25) is 0 Å². The van der Waals surface area contributed by atoms with Crippen molar-refractivity contribution in [1.82, 2.24) is 0 Å². The van der Waals surface area contributed by atoms with Gasteiger partial charge in [-0.2, -0.15) is 0 Å². The Labute approximate surface area is 80.6 Å². The molecule has 1 spiro atoms. The summed E-state index contributed by atoms with van der Waals surface area (Å²) in [6.45, 7) is 6.10. The summed E-state index contributed by atoms with van der Waals surface area (Å²) in [7, 11) is 0. The molecule has 2 unspecified atom stereocenters. The van der Waals surface area contributed by atoms with E-state index in [2.05, 4.69) is 13.8 Å². The Kier molecular flexibility index (Phi) is 2.61. The Morgan fingerprint density at radius 3 is 2.54 bits per heavy atom. The van der Waals surface area contributed by atoms with Gasteiger partial charge in [0.2, 0.25) is 0 Å². The fourth-order valence-corrected chi connectivity index (χ4v) is 2.93. The molecule has 0 aromatic heterocycles. The smallest absolute Gasteiger partial charge is 0.173 e. The molecule has 2 nitrogen and oxygen atoms in total. The van der Waals surface area contributed by atoms with Crippen LogP contribution in [-0.2, 0) is 9.47 Å². The Balaban J connectivity index is 2.16. The van der Waals surface area contributed by atoms with Gasteiger partial charge in [-0.05, 0) is 19.3 Å². The maximum atomic E-state index is 5.87. The molecule has 1 saturated carbocycles. The van der Waals surface area contributed by atoms with Crippen molar-refractivity contribution in [2.75, 3.05) is 13.2 Å². The van der Waals surface area contributed by atoms with E-state index in [0.29, 0.717) is 11.8 Å². The lowest BCUT2D eigenvalue weighted by Gasteiger charge is -2.43. The summed E-state index contributed by atoms with van der Waals surface area (Å²) >= 11 is 0. The van der Waals surface area contributed by atoms with Crippen LogP contribution < -0.4 is 0 Å². The van der Waals surface area contributed by atoms with Crippen LogP contribution in [0.15, 0.2) is 0 Å². The van der Waals surface area contributed by atoms with Crippen LogP contribution in [0.4, 0.5) is 0 Å². The molecule has 2 fully saturated rings. The Bertz CT molecular complexity index is 173. The van der Waals surface area contributed by atoms with Crippen LogP contribution in [0.5, 0.6) is 0 Å². The van der Waals surface area contributed by atoms with Crippen molar-refractivity contribution >= 4 is 0 Å². The van der Waals surface area contributed by atoms with Gasteiger partial charge in [-0.1, -0.05) is 20.3 Å². The molecule has 0 radical (unpaired) electrons. The minimum atomic E-state index is -0.201. The van der Waals surface area contributed by atoms with E-state index in [1.165, 1.54) is 25.7 Å². The third-order valence-corrected chi connectivity index (χ3v) is 3.68. The molecule has 2 heteroatoms. The maximum absolute atomic E-state index is 5.87. The van der Waals surface area contributed by atoms with Crippen LogP contribution in [0.3, 0.4) is 0 Å². The molecule has 0 amide bonds. The molecular formula is C11H20O2.